The SMILES string of the molecule is CC(C)(C)CC[C@H](Nc1ccncn1)C(=O)O.CS(=O)(=O)O. The molecule has 0 fully saturated rings. The van der Waals surface area contributed by atoms with Crippen LogP contribution in [0.15, 0.2) is 18.6 Å². The highest BCUT2D eigenvalue weighted by molar-refractivity contribution is 7.85. The lowest BCUT2D eigenvalue weighted by atomic mass is 9.88. The maximum absolute atomic E-state index is 11.1. The van der Waals surface area contributed by atoms with Gasteiger partial charge in [-0.1, -0.05) is 20.8 Å². The average molecular weight is 333 g/mol. The first-order chi connectivity index (χ1) is 9.88. The van der Waals surface area contributed by atoms with E-state index in [1.54, 1.807) is 12.3 Å². The minimum atomic E-state index is -3.67. The largest absolute Gasteiger partial charge is 0.480 e. The van der Waals surface area contributed by atoms with Gasteiger partial charge in [-0.3, -0.25) is 4.55 Å². The summed E-state index contributed by atoms with van der Waals surface area (Å²) in [7, 11) is -3.67. The Morgan fingerprint density at radius 3 is 2.32 bits per heavy atom. The van der Waals surface area contributed by atoms with Gasteiger partial charge in [0.05, 0.1) is 6.26 Å². The summed E-state index contributed by atoms with van der Waals surface area (Å²) >= 11 is 0. The van der Waals surface area contributed by atoms with Gasteiger partial charge in [-0.25, -0.2) is 14.8 Å². The fourth-order valence-electron chi connectivity index (χ4n) is 1.39. The van der Waals surface area contributed by atoms with Gasteiger partial charge < -0.3 is 10.4 Å². The zero-order chi connectivity index (χ0) is 17.4. The van der Waals surface area contributed by atoms with Crippen LogP contribution in [0.5, 0.6) is 0 Å². The number of aliphatic carboxylic acids is 1. The van der Waals surface area contributed by atoms with Gasteiger partial charge in [0.1, 0.15) is 18.2 Å². The van der Waals surface area contributed by atoms with Crippen LogP contribution in [0, 0.1) is 5.41 Å². The van der Waals surface area contributed by atoms with Crippen molar-refractivity contribution in [1.29, 1.82) is 0 Å². The van der Waals surface area contributed by atoms with Crippen molar-refractivity contribution in [1.82, 2.24) is 9.97 Å². The van der Waals surface area contributed by atoms with E-state index in [-0.39, 0.29) is 5.41 Å². The highest BCUT2D eigenvalue weighted by Gasteiger charge is 2.21. The van der Waals surface area contributed by atoms with E-state index in [2.05, 4.69) is 36.1 Å². The third-order valence-electron chi connectivity index (χ3n) is 2.39. The maximum atomic E-state index is 11.1. The molecule has 0 amide bonds. The third-order valence-corrected chi connectivity index (χ3v) is 2.39. The summed E-state index contributed by atoms with van der Waals surface area (Å²) in [4.78, 5) is 18.9. The van der Waals surface area contributed by atoms with Crippen molar-refractivity contribution in [2.24, 2.45) is 5.41 Å². The second-order valence-electron chi connectivity index (χ2n) is 5.96. The highest BCUT2D eigenvalue weighted by Crippen LogP contribution is 2.22. The molecule has 8 nitrogen and oxygen atoms in total. The number of nitrogens with zero attached hydrogens (tertiary/aromatic N) is 2. The number of aromatic nitrogens is 2. The third kappa shape index (κ3) is 13.3. The predicted octanol–water partition coefficient (Wildman–Crippen LogP) is 1.67. The van der Waals surface area contributed by atoms with Gasteiger partial charge in [0.2, 0.25) is 0 Å². The summed E-state index contributed by atoms with van der Waals surface area (Å²) in [5.74, 6) is -0.311. The topological polar surface area (TPSA) is 129 Å². The molecule has 1 aromatic heterocycles. The summed E-state index contributed by atoms with van der Waals surface area (Å²) in [6.07, 6.45) is 5.10. The van der Waals surface area contributed by atoms with Crippen molar-refractivity contribution >= 4 is 21.9 Å². The average Bonchev–Trinajstić information content (AvgIpc) is 2.32. The summed E-state index contributed by atoms with van der Waals surface area (Å²) in [5, 5.41) is 12.0. The Hall–Kier alpha value is -1.74. The summed E-state index contributed by atoms with van der Waals surface area (Å²) in [6, 6.07) is 1.05. The Morgan fingerprint density at radius 2 is 1.95 bits per heavy atom. The molecule has 0 aromatic carbocycles. The molecule has 0 bridgehead atoms. The summed E-state index contributed by atoms with van der Waals surface area (Å²) in [6.45, 7) is 6.28. The fraction of sp³-hybridized carbons (Fsp3) is 0.615. The molecule has 126 valence electrons. The van der Waals surface area contributed by atoms with Gasteiger partial charge in [0, 0.05) is 6.20 Å². The lowest BCUT2D eigenvalue weighted by molar-refractivity contribution is -0.138. The van der Waals surface area contributed by atoms with Crippen molar-refractivity contribution in [3.63, 3.8) is 0 Å². The molecule has 0 aliphatic heterocycles. The monoisotopic (exact) mass is 333 g/mol. The second kappa shape index (κ2) is 8.64. The second-order valence-corrected chi connectivity index (χ2v) is 7.43. The molecule has 0 radical (unpaired) electrons. The molecule has 0 aliphatic rings. The molecule has 1 aromatic rings. The number of anilines is 1. The lowest BCUT2D eigenvalue weighted by Gasteiger charge is -2.21. The zero-order valence-corrected chi connectivity index (χ0v) is 14.0. The van der Waals surface area contributed by atoms with Crippen LogP contribution < -0.4 is 5.32 Å². The van der Waals surface area contributed by atoms with Crippen LogP contribution in [0.25, 0.3) is 0 Å². The Kier molecular flexibility index (Phi) is 7.96. The molecule has 1 atom stereocenters. The Morgan fingerprint density at radius 1 is 1.41 bits per heavy atom. The van der Waals surface area contributed by atoms with Crippen LogP contribution in [0.4, 0.5) is 5.82 Å². The van der Waals surface area contributed by atoms with Gasteiger partial charge in [-0.15, -0.1) is 0 Å². The van der Waals surface area contributed by atoms with E-state index in [0.717, 1.165) is 6.42 Å². The first kappa shape index (κ1) is 20.3. The van der Waals surface area contributed by atoms with Gasteiger partial charge in [-0.05, 0) is 24.3 Å². The van der Waals surface area contributed by atoms with Crippen LogP contribution in [0.2, 0.25) is 0 Å². The summed E-state index contributed by atoms with van der Waals surface area (Å²) < 4.78 is 25.9. The van der Waals surface area contributed by atoms with Gasteiger partial charge in [0.25, 0.3) is 10.1 Å². The van der Waals surface area contributed by atoms with Crippen molar-refractivity contribution in [2.75, 3.05) is 11.6 Å². The molecule has 3 N–H and O–H groups in total. The van der Waals surface area contributed by atoms with Crippen LogP contribution >= 0.6 is 0 Å². The Labute approximate surface area is 130 Å². The molecule has 0 aliphatic carbocycles. The maximum Gasteiger partial charge on any atom is 0.326 e. The number of hydrogen-bond acceptors (Lipinski definition) is 6. The molecule has 0 saturated carbocycles. The number of nitrogens with one attached hydrogen (secondary N) is 1. The first-order valence-electron chi connectivity index (χ1n) is 6.56. The number of carboxylic acids is 1. The zero-order valence-electron chi connectivity index (χ0n) is 13.1. The van der Waals surface area contributed by atoms with Crippen LogP contribution in [-0.2, 0) is 14.9 Å². The van der Waals surface area contributed by atoms with E-state index in [1.165, 1.54) is 6.33 Å². The molecule has 0 saturated heterocycles. The van der Waals surface area contributed by atoms with Crippen LogP contribution in [0.1, 0.15) is 33.6 Å². The van der Waals surface area contributed by atoms with Crippen LogP contribution in [0.3, 0.4) is 0 Å². The number of carboxylic acid groups (broad SMARTS) is 1. The standard InChI is InChI=1S/C12H19N3O2.CH4O3S/c1-12(2,3)6-4-9(11(16)17)15-10-5-7-13-8-14-10;1-5(2,3)4/h5,7-9H,4,6H2,1-3H3,(H,16,17)(H,13,14,15);1H3,(H,2,3,4)/t9-;/m0./s1. The summed E-state index contributed by atoms with van der Waals surface area (Å²) in [5.41, 5.74) is 0.126. The van der Waals surface area contributed by atoms with Crippen molar-refractivity contribution in [3.8, 4) is 0 Å². The molecular weight excluding hydrogens is 310 g/mol. The van der Waals surface area contributed by atoms with Gasteiger partial charge in [-0.2, -0.15) is 8.42 Å². The molecule has 0 spiro atoms. The lowest BCUT2D eigenvalue weighted by Crippen LogP contribution is -2.30. The Balaban J connectivity index is 0.000000763. The molecule has 22 heavy (non-hydrogen) atoms. The van der Waals surface area contributed by atoms with E-state index in [1.807, 2.05) is 0 Å². The fourth-order valence-corrected chi connectivity index (χ4v) is 1.39. The van der Waals surface area contributed by atoms with Crippen molar-refractivity contribution in [2.45, 2.75) is 39.7 Å². The van der Waals surface area contributed by atoms with E-state index in [4.69, 9.17) is 9.66 Å². The molecule has 1 heterocycles. The molecular formula is C13H23N3O5S. The van der Waals surface area contributed by atoms with E-state index >= 15 is 0 Å². The predicted molar refractivity (Wildman–Crippen MR) is 83.2 cm³/mol. The van der Waals surface area contributed by atoms with Crippen LogP contribution in [-0.4, -0.2) is 46.3 Å². The van der Waals surface area contributed by atoms with E-state index in [0.29, 0.717) is 18.5 Å². The normalized spacial score (nSPS) is 12.8. The van der Waals surface area contributed by atoms with Gasteiger partial charge in [0.15, 0.2) is 0 Å². The quantitative estimate of drug-likeness (QED) is 0.694. The smallest absolute Gasteiger partial charge is 0.326 e. The minimum absolute atomic E-state index is 0.126. The number of carbonyl (C=O) groups is 1. The van der Waals surface area contributed by atoms with Crippen molar-refractivity contribution < 1.29 is 22.9 Å². The molecule has 0 unspecified atom stereocenters. The Bertz CT molecular complexity index is 547. The van der Waals surface area contributed by atoms with Gasteiger partial charge >= 0.3 is 5.97 Å². The van der Waals surface area contributed by atoms with E-state index in [9.17, 15) is 13.2 Å². The highest BCUT2D eigenvalue weighted by atomic mass is 32.2. The number of rotatable bonds is 5. The first-order valence-corrected chi connectivity index (χ1v) is 8.41. The number of hydrogen-bond donors (Lipinski definition) is 3. The van der Waals surface area contributed by atoms with E-state index < -0.39 is 22.1 Å². The minimum Gasteiger partial charge on any atom is -0.480 e. The van der Waals surface area contributed by atoms with Crippen molar-refractivity contribution in [3.05, 3.63) is 18.6 Å². The molecule has 1 rings (SSSR count). The molecule has 9 heteroatoms.